The molecule has 2 atom stereocenters. The van der Waals surface area contributed by atoms with Crippen molar-refractivity contribution in [2.24, 2.45) is 5.92 Å². The molecule has 110 valence electrons. The molecule has 0 spiro atoms. The maximum atomic E-state index is 12.3. The molecular weight excluding hydrogens is 274 g/mol. The van der Waals surface area contributed by atoms with E-state index in [4.69, 9.17) is 11.6 Å². The van der Waals surface area contributed by atoms with Gasteiger partial charge in [-0.2, -0.15) is 0 Å². The first-order valence-electron chi connectivity index (χ1n) is 7.30. The van der Waals surface area contributed by atoms with Crippen molar-refractivity contribution in [1.82, 2.24) is 10.3 Å². The average molecular weight is 296 g/mol. The molecule has 20 heavy (non-hydrogen) atoms. The Balaban J connectivity index is 2.06. The van der Waals surface area contributed by atoms with Crippen LogP contribution in [-0.2, 0) is 0 Å². The van der Waals surface area contributed by atoms with Crippen LogP contribution in [0.2, 0.25) is 5.02 Å². The molecule has 0 radical (unpaired) electrons. The first kappa shape index (κ1) is 15.1. The molecule has 2 unspecified atom stereocenters. The molecule has 1 aliphatic carbocycles. The predicted octanol–water partition coefficient (Wildman–Crippen LogP) is 3.48. The van der Waals surface area contributed by atoms with Gasteiger partial charge in [-0.15, -0.1) is 0 Å². The van der Waals surface area contributed by atoms with Crippen molar-refractivity contribution in [3.63, 3.8) is 0 Å². The smallest absolute Gasteiger partial charge is 0.253 e. The van der Waals surface area contributed by atoms with Crippen LogP contribution in [0.3, 0.4) is 0 Å². The minimum atomic E-state index is -0.101. The Labute approximate surface area is 125 Å². The van der Waals surface area contributed by atoms with Crippen molar-refractivity contribution in [2.75, 3.05) is 11.9 Å². The minimum Gasteiger partial charge on any atom is -0.370 e. The van der Waals surface area contributed by atoms with Crippen LogP contribution in [0.15, 0.2) is 12.3 Å². The summed E-state index contributed by atoms with van der Waals surface area (Å²) in [5.41, 5.74) is 0.496. The fraction of sp³-hybridized carbons (Fsp3) is 0.600. The maximum absolute atomic E-state index is 12.3. The summed E-state index contributed by atoms with van der Waals surface area (Å²) in [4.78, 5) is 16.5. The van der Waals surface area contributed by atoms with Crippen LogP contribution in [0.25, 0.3) is 0 Å². The number of carbonyl (C=O) groups excluding carboxylic acids is 1. The zero-order valence-corrected chi connectivity index (χ0v) is 12.8. The van der Waals surface area contributed by atoms with Gasteiger partial charge >= 0.3 is 0 Å². The van der Waals surface area contributed by atoms with E-state index in [2.05, 4.69) is 22.5 Å². The van der Waals surface area contributed by atoms with Gasteiger partial charge in [0.05, 0.1) is 10.6 Å². The van der Waals surface area contributed by atoms with Gasteiger partial charge in [-0.05, 0) is 31.7 Å². The zero-order valence-electron chi connectivity index (χ0n) is 12.1. The highest BCUT2D eigenvalue weighted by Gasteiger charge is 2.22. The minimum absolute atomic E-state index is 0.101. The molecule has 0 saturated heterocycles. The van der Waals surface area contributed by atoms with E-state index in [0.29, 0.717) is 22.3 Å². The maximum Gasteiger partial charge on any atom is 0.253 e. The summed E-state index contributed by atoms with van der Waals surface area (Å²) in [5.74, 6) is 1.26. The second-order valence-corrected chi connectivity index (χ2v) is 5.93. The summed E-state index contributed by atoms with van der Waals surface area (Å²) in [7, 11) is 0. The summed E-state index contributed by atoms with van der Waals surface area (Å²) < 4.78 is 0. The van der Waals surface area contributed by atoms with Gasteiger partial charge in [-0.1, -0.05) is 31.4 Å². The quantitative estimate of drug-likeness (QED) is 0.894. The number of hydrogen-bond acceptors (Lipinski definition) is 3. The number of anilines is 1. The highest BCUT2D eigenvalue weighted by molar-refractivity contribution is 6.33. The first-order chi connectivity index (χ1) is 9.60. The van der Waals surface area contributed by atoms with E-state index in [1.54, 1.807) is 6.07 Å². The summed E-state index contributed by atoms with van der Waals surface area (Å²) in [6.45, 7) is 4.98. The van der Waals surface area contributed by atoms with Crippen molar-refractivity contribution in [3.8, 4) is 0 Å². The Morgan fingerprint density at radius 2 is 2.30 bits per heavy atom. The van der Waals surface area contributed by atoms with Gasteiger partial charge in [0.1, 0.15) is 5.82 Å². The molecule has 2 N–H and O–H groups in total. The molecule has 1 aromatic heterocycles. The standard InChI is InChI=1S/C15H22ClN3O/c1-3-17-14-8-12(13(16)9-18-14)15(20)19-11-6-4-5-10(2)7-11/h8-11H,3-7H2,1-2H3,(H,17,18)(H,19,20). The molecule has 5 heteroatoms. The number of pyridine rings is 1. The van der Waals surface area contributed by atoms with Gasteiger partial charge in [0.15, 0.2) is 0 Å². The number of amides is 1. The monoisotopic (exact) mass is 295 g/mol. The Hall–Kier alpha value is -1.29. The number of rotatable bonds is 4. The van der Waals surface area contributed by atoms with Crippen molar-refractivity contribution < 1.29 is 4.79 Å². The molecule has 1 amide bonds. The Bertz CT molecular complexity index is 478. The second-order valence-electron chi connectivity index (χ2n) is 5.52. The average Bonchev–Trinajstić information content (AvgIpc) is 2.41. The third-order valence-electron chi connectivity index (χ3n) is 3.73. The van der Waals surface area contributed by atoms with Crippen LogP contribution in [-0.4, -0.2) is 23.5 Å². The molecule has 4 nitrogen and oxygen atoms in total. The van der Waals surface area contributed by atoms with Crippen molar-refractivity contribution in [1.29, 1.82) is 0 Å². The first-order valence-corrected chi connectivity index (χ1v) is 7.68. The van der Waals surface area contributed by atoms with Crippen LogP contribution < -0.4 is 10.6 Å². The normalized spacial score (nSPS) is 22.4. The Morgan fingerprint density at radius 3 is 3.00 bits per heavy atom. The predicted molar refractivity (Wildman–Crippen MR) is 82.3 cm³/mol. The van der Waals surface area contributed by atoms with E-state index >= 15 is 0 Å². The lowest BCUT2D eigenvalue weighted by molar-refractivity contribution is 0.0921. The molecule has 1 aliphatic rings. The number of carbonyl (C=O) groups is 1. The fourth-order valence-electron chi connectivity index (χ4n) is 2.72. The van der Waals surface area contributed by atoms with Gasteiger partial charge in [0.2, 0.25) is 0 Å². The SMILES string of the molecule is CCNc1cc(C(=O)NC2CCCC(C)C2)c(Cl)cn1. The second kappa shape index (κ2) is 6.93. The van der Waals surface area contributed by atoms with E-state index < -0.39 is 0 Å². The van der Waals surface area contributed by atoms with E-state index in [-0.39, 0.29) is 11.9 Å². The van der Waals surface area contributed by atoms with Crippen LogP contribution in [0.5, 0.6) is 0 Å². The Kier molecular flexibility index (Phi) is 5.24. The largest absolute Gasteiger partial charge is 0.370 e. The van der Waals surface area contributed by atoms with Gasteiger partial charge in [-0.25, -0.2) is 4.98 Å². The number of halogens is 1. The molecular formula is C15H22ClN3O. The molecule has 0 bridgehead atoms. The summed E-state index contributed by atoms with van der Waals surface area (Å²) in [6.07, 6.45) is 6.07. The lowest BCUT2D eigenvalue weighted by Gasteiger charge is -2.27. The van der Waals surface area contributed by atoms with E-state index in [1.165, 1.54) is 19.0 Å². The van der Waals surface area contributed by atoms with Crippen LogP contribution in [0, 0.1) is 5.92 Å². The highest BCUT2D eigenvalue weighted by atomic mass is 35.5. The highest BCUT2D eigenvalue weighted by Crippen LogP contribution is 2.24. The van der Waals surface area contributed by atoms with Crippen LogP contribution in [0.1, 0.15) is 49.9 Å². The van der Waals surface area contributed by atoms with Gasteiger partial charge in [-0.3, -0.25) is 4.79 Å². The molecule has 0 aromatic carbocycles. The number of nitrogens with zero attached hydrogens (tertiary/aromatic N) is 1. The molecule has 0 aliphatic heterocycles. The van der Waals surface area contributed by atoms with E-state index in [9.17, 15) is 4.79 Å². The van der Waals surface area contributed by atoms with Crippen molar-refractivity contribution in [3.05, 3.63) is 22.8 Å². The summed E-state index contributed by atoms with van der Waals surface area (Å²) >= 11 is 6.09. The summed E-state index contributed by atoms with van der Waals surface area (Å²) in [6, 6.07) is 1.98. The lowest BCUT2D eigenvalue weighted by Crippen LogP contribution is -2.38. The van der Waals surface area contributed by atoms with E-state index in [1.807, 2.05) is 6.92 Å². The zero-order chi connectivity index (χ0) is 14.5. The molecule has 1 saturated carbocycles. The molecule has 1 aromatic rings. The van der Waals surface area contributed by atoms with Crippen LogP contribution in [0.4, 0.5) is 5.82 Å². The van der Waals surface area contributed by atoms with E-state index in [0.717, 1.165) is 19.4 Å². The van der Waals surface area contributed by atoms with Gasteiger partial charge in [0.25, 0.3) is 5.91 Å². The van der Waals surface area contributed by atoms with Crippen LogP contribution >= 0.6 is 11.6 Å². The van der Waals surface area contributed by atoms with Crippen molar-refractivity contribution in [2.45, 2.75) is 45.6 Å². The number of nitrogens with one attached hydrogen (secondary N) is 2. The van der Waals surface area contributed by atoms with Crippen molar-refractivity contribution >= 4 is 23.3 Å². The summed E-state index contributed by atoms with van der Waals surface area (Å²) in [5, 5.41) is 6.58. The topological polar surface area (TPSA) is 54.0 Å². The molecule has 1 fully saturated rings. The molecule has 1 heterocycles. The van der Waals surface area contributed by atoms with Gasteiger partial charge < -0.3 is 10.6 Å². The Morgan fingerprint density at radius 1 is 1.50 bits per heavy atom. The third-order valence-corrected chi connectivity index (χ3v) is 4.03. The number of aromatic nitrogens is 1. The lowest BCUT2D eigenvalue weighted by atomic mass is 9.87. The van der Waals surface area contributed by atoms with Gasteiger partial charge in [0, 0.05) is 18.8 Å². The third kappa shape index (κ3) is 3.85. The fourth-order valence-corrected chi connectivity index (χ4v) is 2.91. The molecule has 2 rings (SSSR count). The number of hydrogen-bond donors (Lipinski definition) is 2.